The van der Waals surface area contributed by atoms with Gasteiger partial charge in [0.15, 0.2) is 0 Å². The lowest BCUT2D eigenvalue weighted by atomic mass is 9.95. The Morgan fingerprint density at radius 3 is 2.75 bits per heavy atom. The molecular formula is C19H21N3O2. The van der Waals surface area contributed by atoms with Gasteiger partial charge in [0.2, 0.25) is 0 Å². The number of nitrogens with zero attached hydrogens (tertiary/aromatic N) is 3. The standard InChI is InChI=1S/C19H21N3O2/c1-12(2)24-14-4-5-17-16(9-14)19(21-17)13-6-7-20-18(8-13)22-10-15(11-22)23-3/h4-9,12,15H,10-11H2,1-3H3. The van der Waals surface area contributed by atoms with Crippen molar-refractivity contribution in [2.75, 3.05) is 25.1 Å². The summed E-state index contributed by atoms with van der Waals surface area (Å²) in [6.07, 6.45) is 2.32. The van der Waals surface area contributed by atoms with Gasteiger partial charge < -0.3 is 14.4 Å². The number of anilines is 1. The molecule has 0 unspecified atom stereocenters. The van der Waals surface area contributed by atoms with Gasteiger partial charge in [-0.25, -0.2) is 9.98 Å². The molecule has 0 saturated carbocycles. The van der Waals surface area contributed by atoms with Crippen molar-refractivity contribution in [2.45, 2.75) is 26.1 Å². The molecule has 0 spiro atoms. The zero-order valence-electron chi connectivity index (χ0n) is 14.2. The minimum Gasteiger partial charge on any atom is -0.491 e. The van der Waals surface area contributed by atoms with Crippen LogP contribution in [0.4, 0.5) is 11.5 Å². The Hall–Kier alpha value is -2.40. The zero-order chi connectivity index (χ0) is 16.7. The van der Waals surface area contributed by atoms with E-state index in [1.54, 1.807) is 7.11 Å². The Morgan fingerprint density at radius 1 is 1.17 bits per heavy atom. The highest BCUT2D eigenvalue weighted by Crippen LogP contribution is 2.36. The Morgan fingerprint density at radius 2 is 2.00 bits per heavy atom. The van der Waals surface area contributed by atoms with E-state index in [0.29, 0.717) is 6.10 Å². The average Bonchev–Trinajstić information content (AvgIpc) is 2.49. The number of fused-ring (bicyclic) bond motifs is 1. The van der Waals surface area contributed by atoms with E-state index >= 15 is 0 Å². The predicted octanol–water partition coefficient (Wildman–Crippen LogP) is 3.19. The smallest absolute Gasteiger partial charge is 0.129 e. The number of ether oxygens (including phenoxy) is 2. The van der Waals surface area contributed by atoms with Crippen molar-refractivity contribution >= 4 is 17.2 Å². The van der Waals surface area contributed by atoms with E-state index in [2.05, 4.69) is 27.0 Å². The fourth-order valence-corrected chi connectivity index (χ4v) is 3.01. The Bertz CT molecular complexity index is 795. The minimum atomic E-state index is 0.163. The van der Waals surface area contributed by atoms with Gasteiger partial charge in [-0.15, -0.1) is 0 Å². The first-order chi connectivity index (χ1) is 11.6. The maximum Gasteiger partial charge on any atom is 0.129 e. The maximum atomic E-state index is 5.79. The van der Waals surface area contributed by atoms with E-state index in [-0.39, 0.29) is 6.10 Å². The number of rotatable bonds is 5. The summed E-state index contributed by atoms with van der Waals surface area (Å²) < 4.78 is 11.1. The molecule has 4 rings (SSSR count). The normalized spacial score (nSPS) is 16.3. The molecule has 2 aliphatic heterocycles. The molecule has 0 amide bonds. The second-order valence-corrected chi connectivity index (χ2v) is 6.47. The molecule has 1 aromatic heterocycles. The third-order valence-corrected chi connectivity index (χ3v) is 4.35. The van der Waals surface area contributed by atoms with Crippen LogP contribution in [0.5, 0.6) is 5.75 Å². The number of aliphatic imine (C=N–C) groups is 1. The summed E-state index contributed by atoms with van der Waals surface area (Å²) in [4.78, 5) is 11.3. The van der Waals surface area contributed by atoms with Gasteiger partial charge >= 0.3 is 0 Å². The molecule has 0 N–H and O–H groups in total. The maximum absolute atomic E-state index is 5.79. The highest BCUT2D eigenvalue weighted by Gasteiger charge is 2.28. The molecule has 0 radical (unpaired) electrons. The van der Waals surface area contributed by atoms with E-state index < -0.39 is 0 Å². The topological polar surface area (TPSA) is 47.0 Å². The highest BCUT2D eigenvalue weighted by molar-refractivity contribution is 6.22. The number of aromatic nitrogens is 1. The van der Waals surface area contributed by atoms with E-state index in [0.717, 1.165) is 47.2 Å². The third-order valence-electron chi connectivity index (χ3n) is 4.35. The highest BCUT2D eigenvalue weighted by atomic mass is 16.5. The summed E-state index contributed by atoms with van der Waals surface area (Å²) >= 11 is 0. The molecule has 0 bridgehead atoms. The SMILES string of the molecule is COC1CN(c2cc(C3=Nc4ccc(OC(C)C)cc43)ccn2)C1. The van der Waals surface area contributed by atoms with Crippen molar-refractivity contribution in [1.29, 1.82) is 0 Å². The number of hydrogen-bond donors (Lipinski definition) is 0. The van der Waals surface area contributed by atoms with Gasteiger partial charge in [-0.1, -0.05) is 0 Å². The summed E-state index contributed by atoms with van der Waals surface area (Å²) in [7, 11) is 1.75. The minimum absolute atomic E-state index is 0.163. The molecule has 24 heavy (non-hydrogen) atoms. The van der Waals surface area contributed by atoms with Crippen LogP contribution in [0.3, 0.4) is 0 Å². The lowest BCUT2D eigenvalue weighted by Crippen LogP contribution is -2.52. The lowest BCUT2D eigenvalue weighted by Gasteiger charge is -2.39. The summed E-state index contributed by atoms with van der Waals surface area (Å²) in [5, 5.41) is 0. The first-order valence-corrected chi connectivity index (χ1v) is 8.28. The average molecular weight is 323 g/mol. The van der Waals surface area contributed by atoms with Crippen LogP contribution in [0.1, 0.15) is 25.0 Å². The van der Waals surface area contributed by atoms with Crippen LogP contribution in [0.15, 0.2) is 41.5 Å². The van der Waals surface area contributed by atoms with Crippen LogP contribution in [0.25, 0.3) is 0 Å². The number of benzene rings is 1. The summed E-state index contributed by atoms with van der Waals surface area (Å²) in [6.45, 7) is 5.85. The van der Waals surface area contributed by atoms with E-state index in [1.807, 2.05) is 38.2 Å². The number of methoxy groups -OCH3 is 1. The van der Waals surface area contributed by atoms with E-state index in [4.69, 9.17) is 9.47 Å². The predicted molar refractivity (Wildman–Crippen MR) is 94.8 cm³/mol. The first kappa shape index (κ1) is 15.1. The summed E-state index contributed by atoms with van der Waals surface area (Å²) in [5.41, 5.74) is 4.26. The number of pyridine rings is 1. The van der Waals surface area contributed by atoms with Crippen molar-refractivity contribution in [3.05, 3.63) is 47.7 Å². The molecule has 124 valence electrons. The molecule has 1 fully saturated rings. The molecule has 5 nitrogen and oxygen atoms in total. The summed E-state index contributed by atoms with van der Waals surface area (Å²) in [6, 6.07) is 10.2. The quantitative estimate of drug-likeness (QED) is 0.723. The van der Waals surface area contributed by atoms with E-state index in [9.17, 15) is 0 Å². The lowest BCUT2D eigenvalue weighted by molar-refractivity contribution is 0.0783. The van der Waals surface area contributed by atoms with Gasteiger partial charge in [0.25, 0.3) is 0 Å². The van der Waals surface area contributed by atoms with Crippen LogP contribution in [-0.4, -0.2) is 43.1 Å². The molecule has 3 heterocycles. The van der Waals surface area contributed by atoms with Crippen LogP contribution in [-0.2, 0) is 4.74 Å². The van der Waals surface area contributed by atoms with Crippen molar-refractivity contribution in [3.63, 3.8) is 0 Å². The summed E-state index contributed by atoms with van der Waals surface area (Å²) in [5.74, 6) is 1.86. The molecule has 5 heteroatoms. The van der Waals surface area contributed by atoms with Crippen molar-refractivity contribution in [1.82, 2.24) is 4.98 Å². The second kappa shape index (κ2) is 5.91. The third kappa shape index (κ3) is 2.65. The fourth-order valence-electron chi connectivity index (χ4n) is 3.01. The molecule has 0 atom stereocenters. The largest absolute Gasteiger partial charge is 0.491 e. The second-order valence-electron chi connectivity index (χ2n) is 6.47. The molecular weight excluding hydrogens is 302 g/mol. The first-order valence-electron chi connectivity index (χ1n) is 8.28. The van der Waals surface area contributed by atoms with Crippen LogP contribution in [0, 0.1) is 0 Å². The van der Waals surface area contributed by atoms with Gasteiger partial charge in [-0.2, -0.15) is 0 Å². The monoisotopic (exact) mass is 323 g/mol. The molecule has 1 aromatic carbocycles. The Balaban J connectivity index is 1.55. The van der Waals surface area contributed by atoms with E-state index in [1.165, 1.54) is 0 Å². The van der Waals surface area contributed by atoms with Crippen molar-refractivity contribution < 1.29 is 9.47 Å². The Kier molecular flexibility index (Phi) is 3.73. The molecule has 2 aromatic rings. The van der Waals surface area contributed by atoms with Gasteiger partial charge in [-0.05, 0) is 44.2 Å². The van der Waals surface area contributed by atoms with Crippen LogP contribution >= 0.6 is 0 Å². The fraction of sp³-hybridized carbons (Fsp3) is 0.368. The van der Waals surface area contributed by atoms with Crippen LogP contribution < -0.4 is 9.64 Å². The molecule has 1 saturated heterocycles. The van der Waals surface area contributed by atoms with Gasteiger partial charge in [0, 0.05) is 37.5 Å². The van der Waals surface area contributed by atoms with Crippen molar-refractivity contribution in [2.24, 2.45) is 4.99 Å². The van der Waals surface area contributed by atoms with Crippen molar-refractivity contribution in [3.8, 4) is 5.75 Å². The molecule has 0 aliphatic carbocycles. The molecule has 2 aliphatic rings. The zero-order valence-corrected chi connectivity index (χ0v) is 14.2. The number of hydrogen-bond acceptors (Lipinski definition) is 5. The van der Waals surface area contributed by atoms with Gasteiger partial charge in [-0.3, -0.25) is 0 Å². The van der Waals surface area contributed by atoms with Gasteiger partial charge in [0.05, 0.1) is 23.6 Å². The van der Waals surface area contributed by atoms with Crippen LogP contribution in [0.2, 0.25) is 0 Å². The Labute approximate surface area is 141 Å². The van der Waals surface area contributed by atoms with Gasteiger partial charge in [0.1, 0.15) is 11.6 Å².